The summed E-state index contributed by atoms with van der Waals surface area (Å²) in [5.74, 6) is 0.737. The molecular formula is C26H26N4O3. The van der Waals surface area contributed by atoms with Gasteiger partial charge in [0.25, 0.3) is 0 Å². The summed E-state index contributed by atoms with van der Waals surface area (Å²) in [5.41, 5.74) is 8.45. The molecule has 0 saturated carbocycles. The molecule has 0 fully saturated rings. The molecule has 1 aromatic heterocycles. The van der Waals surface area contributed by atoms with E-state index in [0.29, 0.717) is 29.3 Å². The van der Waals surface area contributed by atoms with Crippen LogP contribution in [0.15, 0.2) is 66.7 Å². The Kier molecular flexibility index (Phi) is 6.51. The highest BCUT2D eigenvalue weighted by Gasteiger charge is 2.16. The number of aromatic hydroxyl groups is 1. The maximum absolute atomic E-state index is 12.6. The average molecular weight is 443 g/mol. The van der Waals surface area contributed by atoms with Crippen molar-refractivity contribution in [3.05, 3.63) is 77.9 Å². The molecule has 0 amide bonds. The molecule has 168 valence electrons. The molecule has 33 heavy (non-hydrogen) atoms. The number of hydrogen-bond acceptors (Lipinski definition) is 7. The fourth-order valence-corrected chi connectivity index (χ4v) is 3.43. The normalized spacial score (nSPS) is 11.8. The molecule has 0 unspecified atom stereocenters. The Labute approximate surface area is 192 Å². The smallest absolute Gasteiger partial charge is 0.343 e. The molecule has 7 heteroatoms. The summed E-state index contributed by atoms with van der Waals surface area (Å²) in [5, 5.41) is 14.7. The Morgan fingerprint density at radius 3 is 2.64 bits per heavy atom. The van der Waals surface area contributed by atoms with E-state index >= 15 is 0 Å². The second kappa shape index (κ2) is 9.67. The van der Waals surface area contributed by atoms with Gasteiger partial charge in [0.1, 0.15) is 17.3 Å². The van der Waals surface area contributed by atoms with Crippen molar-refractivity contribution in [2.24, 2.45) is 5.73 Å². The Morgan fingerprint density at radius 2 is 1.85 bits per heavy atom. The zero-order chi connectivity index (χ0) is 23.4. The van der Waals surface area contributed by atoms with E-state index in [9.17, 15) is 9.90 Å². The first-order valence-corrected chi connectivity index (χ1v) is 10.8. The third-order valence-corrected chi connectivity index (χ3v) is 5.44. The van der Waals surface area contributed by atoms with E-state index in [2.05, 4.69) is 15.3 Å². The van der Waals surface area contributed by atoms with Crippen LogP contribution in [0.2, 0.25) is 0 Å². The summed E-state index contributed by atoms with van der Waals surface area (Å²) in [4.78, 5) is 21.9. The van der Waals surface area contributed by atoms with Crippen molar-refractivity contribution in [2.45, 2.75) is 26.3 Å². The number of benzene rings is 3. The van der Waals surface area contributed by atoms with Crippen LogP contribution in [-0.4, -0.2) is 33.6 Å². The van der Waals surface area contributed by atoms with Gasteiger partial charge in [0, 0.05) is 18.0 Å². The number of esters is 1. The Morgan fingerprint density at radius 1 is 1.09 bits per heavy atom. The lowest BCUT2D eigenvalue weighted by atomic mass is 10.1. The number of hydrogen-bond donors (Lipinski definition) is 3. The molecule has 1 heterocycles. The van der Waals surface area contributed by atoms with Gasteiger partial charge in [-0.3, -0.25) is 0 Å². The maximum Gasteiger partial charge on any atom is 0.343 e. The predicted octanol–water partition coefficient (Wildman–Crippen LogP) is 4.68. The quantitative estimate of drug-likeness (QED) is 0.281. The Bertz CT molecular complexity index is 1310. The van der Waals surface area contributed by atoms with Gasteiger partial charge in [-0.1, -0.05) is 37.3 Å². The molecule has 0 aliphatic heterocycles. The van der Waals surface area contributed by atoms with Gasteiger partial charge >= 0.3 is 5.97 Å². The fraction of sp³-hybridized carbons (Fsp3) is 0.192. The molecule has 4 aromatic rings. The molecule has 4 N–H and O–H groups in total. The molecule has 0 spiro atoms. The number of carbonyl (C=O) groups excluding carboxylic acids is 1. The number of aryl methyl sites for hydroxylation is 1. The Balaban J connectivity index is 1.70. The summed E-state index contributed by atoms with van der Waals surface area (Å²) < 4.78 is 5.57. The molecule has 0 aliphatic rings. The highest BCUT2D eigenvalue weighted by molar-refractivity contribution is 5.93. The van der Waals surface area contributed by atoms with E-state index in [0.717, 1.165) is 22.9 Å². The fourth-order valence-electron chi connectivity index (χ4n) is 3.43. The summed E-state index contributed by atoms with van der Waals surface area (Å²) in [6, 6.07) is 19.4. The summed E-state index contributed by atoms with van der Waals surface area (Å²) in [7, 11) is 0. The molecule has 3 aromatic carbocycles. The van der Waals surface area contributed by atoms with Gasteiger partial charge in [0.05, 0.1) is 16.6 Å². The topological polar surface area (TPSA) is 110 Å². The third kappa shape index (κ3) is 4.94. The summed E-state index contributed by atoms with van der Waals surface area (Å²) in [6.45, 7) is 4.43. The van der Waals surface area contributed by atoms with Gasteiger partial charge in [-0.2, -0.15) is 0 Å². The van der Waals surface area contributed by atoms with Crippen LogP contribution in [0.5, 0.6) is 11.5 Å². The highest BCUT2D eigenvalue weighted by atomic mass is 16.5. The minimum absolute atomic E-state index is 0.0141. The minimum Gasteiger partial charge on any atom is -0.507 e. The SMILES string of the molecule is CC[C@H](N)CNc1nc(-c2cc(OC(=O)c3ccccc3C)ccc2O)nc2ccccc12. The van der Waals surface area contributed by atoms with Crippen LogP contribution in [-0.2, 0) is 0 Å². The van der Waals surface area contributed by atoms with Crippen molar-refractivity contribution in [2.75, 3.05) is 11.9 Å². The van der Waals surface area contributed by atoms with Crippen LogP contribution >= 0.6 is 0 Å². The lowest BCUT2D eigenvalue weighted by Gasteiger charge is -2.14. The summed E-state index contributed by atoms with van der Waals surface area (Å²) >= 11 is 0. The molecule has 7 nitrogen and oxygen atoms in total. The lowest BCUT2D eigenvalue weighted by Crippen LogP contribution is -2.28. The number of phenols is 1. The van der Waals surface area contributed by atoms with Crippen molar-refractivity contribution in [1.82, 2.24) is 9.97 Å². The number of fused-ring (bicyclic) bond motifs is 1. The van der Waals surface area contributed by atoms with E-state index in [4.69, 9.17) is 10.5 Å². The Hall–Kier alpha value is -3.97. The number of nitrogens with one attached hydrogen (secondary N) is 1. The number of nitrogens with zero attached hydrogens (tertiary/aromatic N) is 2. The number of aromatic nitrogens is 2. The van der Waals surface area contributed by atoms with Crippen LogP contribution in [0.3, 0.4) is 0 Å². The van der Waals surface area contributed by atoms with Crippen molar-refractivity contribution in [1.29, 1.82) is 0 Å². The van der Waals surface area contributed by atoms with E-state index < -0.39 is 5.97 Å². The molecule has 0 radical (unpaired) electrons. The van der Waals surface area contributed by atoms with Crippen LogP contribution < -0.4 is 15.8 Å². The van der Waals surface area contributed by atoms with Crippen LogP contribution in [0.4, 0.5) is 5.82 Å². The van der Waals surface area contributed by atoms with Crippen molar-refractivity contribution in [3.8, 4) is 22.9 Å². The van der Waals surface area contributed by atoms with Gasteiger partial charge in [-0.15, -0.1) is 0 Å². The maximum atomic E-state index is 12.6. The number of carbonyl (C=O) groups is 1. The highest BCUT2D eigenvalue weighted by Crippen LogP contribution is 2.33. The number of anilines is 1. The predicted molar refractivity (Wildman–Crippen MR) is 130 cm³/mol. The lowest BCUT2D eigenvalue weighted by molar-refractivity contribution is 0.0734. The minimum atomic E-state index is -0.472. The molecule has 0 aliphatic carbocycles. The first kappa shape index (κ1) is 22.2. The number of rotatable bonds is 7. The number of phenolic OH excluding ortho intramolecular Hbond substituents is 1. The van der Waals surface area contributed by atoms with Crippen LogP contribution in [0.1, 0.15) is 29.3 Å². The number of nitrogens with two attached hydrogens (primary N) is 1. The van der Waals surface area contributed by atoms with Gasteiger partial charge < -0.3 is 20.9 Å². The molecule has 0 saturated heterocycles. The standard InChI is InChI=1S/C26H26N4O3/c1-3-17(27)15-28-24-20-10-6-7-11-22(20)29-25(30-24)21-14-18(12-13-23(21)31)33-26(32)19-9-5-4-8-16(19)2/h4-14,17,31H,3,15,27H2,1-2H3,(H,28,29,30)/t17-/m0/s1. The molecule has 1 atom stereocenters. The van der Waals surface area contributed by atoms with Gasteiger partial charge in [-0.25, -0.2) is 14.8 Å². The van der Waals surface area contributed by atoms with Crippen LogP contribution in [0.25, 0.3) is 22.3 Å². The first-order valence-electron chi connectivity index (χ1n) is 10.8. The largest absolute Gasteiger partial charge is 0.507 e. The first-order chi connectivity index (χ1) is 16.0. The van der Waals surface area contributed by atoms with Crippen LogP contribution in [0, 0.1) is 6.92 Å². The van der Waals surface area contributed by atoms with Crippen molar-refractivity contribution < 1.29 is 14.6 Å². The van der Waals surface area contributed by atoms with Gasteiger partial charge in [0.2, 0.25) is 0 Å². The number of ether oxygens (including phenoxy) is 1. The van der Waals surface area contributed by atoms with Crippen molar-refractivity contribution >= 4 is 22.7 Å². The monoisotopic (exact) mass is 442 g/mol. The zero-order valence-electron chi connectivity index (χ0n) is 18.6. The van der Waals surface area contributed by atoms with Gasteiger partial charge in [-0.05, 0) is 55.3 Å². The molecule has 4 rings (SSSR count). The summed E-state index contributed by atoms with van der Waals surface area (Å²) in [6.07, 6.45) is 0.831. The molecule has 0 bridgehead atoms. The number of para-hydroxylation sites is 1. The van der Waals surface area contributed by atoms with E-state index in [1.54, 1.807) is 18.2 Å². The second-order valence-corrected chi connectivity index (χ2v) is 7.85. The molecular weight excluding hydrogens is 416 g/mol. The van der Waals surface area contributed by atoms with Gasteiger partial charge in [0.15, 0.2) is 5.82 Å². The van der Waals surface area contributed by atoms with Crippen molar-refractivity contribution in [3.63, 3.8) is 0 Å². The van der Waals surface area contributed by atoms with E-state index in [-0.39, 0.29) is 17.5 Å². The van der Waals surface area contributed by atoms with E-state index in [1.807, 2.05) is 50.2 Å². The second-order valence-electron chi connectivity index (χ2n) is 7.85. The average Bonchev–Trinajstić information content (AvgIpc) is 2.83. The van der Waals surface area contributed by atoms with E-state index in [1.165, 1.54) is 12.1 Å². The third-order valence-electron chi connectivity index (χ3n) is 5.44. The zero-order valence-corrected chi connectivity index (χ0v) is 18.6.